The average molecular weight is 1810 g/mol. The van der Waals surface area contributed by atoms with Crippen molar-refractivity contribution in [1.82, 2.24) is 97.6 Å². The number of aromatic hydroxyl groups is 1. The van der Waals surface area contributed by atoms with Crippen molar-refractivity contribution >= 4 is 134 Å². The first-order valence-electron chi connectivity index (χ1n) is 42.9. The maximum absolute atomic E-state index is 15.6. The summed E-state index contributed by atoms with van der Waals surface area (Å²) in [6.07, 6.45) is 3.35. The summed E-state index contributed by atoms with van der Waals surface area (Å²) in [7, 11) is 3.88. The number of rotatable bonds is 22. The molecule has 21 N–H and O–H groups in total. The number of hydrogen-bond acceptors (Lipinski definition) is 23. The van der Waals surface area contributed by atoms with Crippen molar-refractivity contribution in [3.8, 4) is 5.75 Å². The van der Waals surface area contributed by atoms with Gasteiger partial charge in [0.25, 0.3) is 0 Å². The van der Waals surface area contributed by atoms with Gasteiger partial charge in [-0.3, -0.25) is 81.5 Å². The minimum Gasteiger partial charge on any atom is -0.508 e. The Morgan fingerprint density at radius 1 is 0.558 bits per heavy atom. The van der Waals surface area contributed by atoms with Crippen LogP contribution in [0.3, 0.4) is 0 Å². The number of thioether (sulfide) groups is 1. The van der Waals surface area contributed by atoms with Crippen molar-refractivity contribution < 1.29 is 102 Å². The molecule has 3 saturated heterocycles. The van der Waals surface area contributed by atoms with Crippen LogP contribution in [-0.4, -0.2) is 321 Å². The van der Waals surface area contributed by atoms with Crippen LogP contribution in [0.25, 0.3) is 21.8 Å². The number of aliphatic hydroxyl groups is 2. The second-order valence-electron chi connectivity index (χ2n) is 32.5. The monoisotopic (exact) mass is 1810 g/mol. The van der Waals surface area contributed by atoms with E-state index in [1.54, 1.807) is 60.9 Å². The number of primary amides is 1. The molecule has 6 aromatic rings. The topological polar surface area (TPSA) is 620 Å². The fourth-order valence-electron chi connectivity index (χ4n) is 15.8. The van der Waals surface area contributed by atoms with E-state index in [0.717, 1.165) is 36.3 Å². The zero-order chi connectivity index (χ0) is 94.0. The average Bonchev–Trinajstić information content (AvgIpc) is 1.73. The van der Waals surface area contributed by atoms with Gasteiger partial charge in [-0.15, -0.1) is 11.8 Å². The number of benzene rings is 3. The molecule has 3 aromatic carbocycles. The summed E-state index contributed by atoms with van der Waals surface area (Å²) < 4.78 is 0. The summed E-state index contributed by atoms with van der Waals surface area (Å²) in [5.74, 6) is -17.9. The second-order valence-corrected chi connectivity index (χ2v) is 33.6. The molecule has 3 aromatic heterocycles. The lowest BCUT2D eigenvalue weighted by Crippen LogP contribution is -2.61. The van der Waals surface area contributed by atoms with Gasteiger partial charge in [-0.1, -0.05) is 88.1 Å². The van der Waals surface area contributed by atoms with Crippen LogP contribution < -0.4 is 64.6 Å². The highest BCUT2D eigenvalue weighted by atomic mass is 32.2. The van der Waals surface area contributed by atoms with Crippen molar-refractivity contribution in [3.05, 3.63) is 120 Å². The Hall–Kier alpha value is -13.0. The Morgan fingerprint density at radius 3 is 1.70 bits per heavy atom. The van der Waals surface area contributed by atoms with Gasteiger partial charge < -0.3 is 125 Å². The van der Waals surface area contributed by atoms with Crippen LogP contribution in [0, 0.1) is 0 Å². The van der Waals surface area contributed by atoms with Gasteiger partial charge in [-0.25, -0.2) is 4.98 Å². The lowest BCUT2D eigenvalue weighted by molar-refractivity contribution is -0.149. The lowest BCUT2D eigenvalue weighted by atomic mass is 10.00. The zero-order valence-electron chi connectivity index (χ0n) is 72.9. The summed E-state index contributed by atoms with van der Waals surface area (Å²) in [5, 5.41) is 70.0. The predicted octanol–water partition coefficient (Wildman–Crippen LogP) is -3.27. The van der Waals surface area contributed by atoms with Gasteiger partial charge in [-0.2, -0.15) is 0 Å². The standard InChI is InChI=1S/C86H117N21O21S/c1-8-10-21-66-79(121)94-46(3)73(115)102-65(75(117)92-40-70(88)111)43-129-44-71(112)95-61(31-48-24-26-52(109)27-25-48)82(124)103(5)47(4)74(116)99-63(36-72(113)114)85(127)106-30-16-23-67(106)80(122)98-60(34-51-39-89-45-93-51)77(119)96-58(28-29-87)84(126)107-41-53(110)35-69(107)81(123)97-59(32-49-37-90-56-19-14-12-17-54(49)56)76(118)101-64(42-108)78(120)100-62(33-50-38-91-57-20-15-13-18-55(50)57)83(125)105(7)68(22-11-9-2)86(128)104(66)6/h12-15,17-20,24-27,37-39,45-47,53,58-69,90-91,108-110H,8-11,16,21-23,28-36,40-44,87H2,1-7H3,(H2,88,111)(H,89,93)(H,92,117)(H,94,121)(H,95,112)(H,96,119)(H,97,123)(H,98,122)(H,99,116)(H,100,120)(H,101,118)(H,102,115)(H,113,114)/t46-,47-,53+,58-,59-,60-,61-,62-,63+,64-,65-,66-,67-,68-,69-/m0/s1. The van der Waals surface area contributed by atoms with Crippen LogP contribution in [0.4, 0.5) is 0 Å². The van der Waals surface area contributed by atoms with Crippen molar-refractivity contribution in [1.29, 1.82) is 0 Å². The van der Waals surface area contributed by atoms with Crippen molar-refractivity contribution in [3.63, 3.8) is 0 Å². The number of imidazole rings is 1. The van der Waals surface area contributed by atoms with E-state index in [9.17, 15) is 73.2 Å². The largest absolute Gasteiger partial charge is 0.508 e. The normalized spacial score (nSPS) is 25.4. The number of unbranched alkanes of at least 4 members (excludes halogenated alkanes) is 2. The number of carbonyl (C=O) groups excluding carboxylic acids is 16. The predicted molar refractivity (Wildman–Crippen MR) is 469 cm³/mol. The van der Waals surface area contributed by atoms with E-state index in [4.69, 9.17) is 11.5 Å². The van der Waals surface area contributed by atoms with E-state index in [-0.39, 0.29) is 82.3 Å². The molecule has 3 fully saturated rings. The molecular weight excluding hydrogens is 1700 g/mol. The van der Waals surface area contributed by atoms with Gasteiger partial charge >= 0.3 is 5.97 Å². The molecular formula is C86H117N21O21S. The van der Waals surface area contributed by atoms with Gasteiger partial charge in [0.1, 0.15) is 90.3 Å². The van der Waals surface area contributed by atoms with Crippen LogP contribution in [0.5, 0.6) is 5.75 Å². The molecule has 43 heteroatoms. The number of nitrogens with zero attached hydrogens (tertiary/aromatic N) is 6. The van der Waals surface area contributed by atoms with Crippen LogP contribution >= 0.6 is 11.8 Å². The molecule has 16 amide bonds. The first-order valence-corrected chi connectivity index (χ1v) is 44.0. The number of aromatic nitrogens is 4. The number of phenols is 1. The van der Waals surface area contributed by atoms with Crippen LogP contribution in [-0.2, 0) is 107 Å². The third-order valence-electron chi connectivity index (χ3n) is 23.2. The Labute approximate surface area is 747 Å². The number of hydrogen-bond donors (Lipinski definition) is 19. The third-order valence-corrected chi connectivity index (χ3v) is 24.2. The van der Waals surface area contributed by atoms with E-state index in [2.05, 4.69) is 73.1 Å². The number of aromatic amines is 3. The minimum atomic E-state index is -1.90. The summed E-state index contributed by atoms with van der Waals surface area (Å²) in [6, 6.07) is -2.44. The first kappa shape index (κ1) is 99.7. The molecule has 6 heterocycles. The molecule has 0 saturated carbocycles. The molecule has 15 atom stereocenters. The van der Waals surface area contributed by atoms with Gasteiger partial charge in [0.2, 0.25) is 94.5 Å². The number of amides is 16. The highest BCUT2D eigenvalue weighted by Crippen LogP contribution is 2.28. The number of carboxylic acids is 1. The molecule has 698 valence electrons. The molecule has 3 aliphatic rings. The number of aliphatic hydroxyl groups excluding tert-OH is 2. The highest BCUT2D eigenvalue weighted by Gasteiger charge is 2.47. The fraction of sp³-hybridized carbons (Fsp3) is 0.512. The summed E-state index contributed by atoms with van der Waals surface area (Å²) in [6.45, 7) is 3.48. The molecule has 0 aliphatic carbocycles. The molecule has 129 heavy (non-hydrogen) atoms. The van der Waals surface area contributed by atoms with Crippen LogP contribution in [0.2, 0.25) is 0 Å². The molecule has 0 radical (unpaired) electrons. The zero-order valence-corrected chi connectivity index (χ0v) is 73.7. The number of carbonyl (C=O) groups is 17. The van der Waals surface area contributed by atoms with Gasteiger partial charge in [0.15, 0.2) is 0 Å². The number of nitrogens with one attached hydrogen (secondary N) is 13. The smallest absolute Gasteiger partial charge is 0.305 e. The number of likely N-dealkylation sites (N-methyl/N-ethyl adjacent to an activating group) is 3. The number of carboxylic acid groups (broad SMARTS) is 1. The van der Waals surface area contributed by atoms with Crippen LogP contribution in [0.15, 0.2) is 97.7 Å². The lowest BCUT2D eigenvalue weighted by Gasteiger charge is -2.36. The maximum atomic E-state index is 15.6. The molecule has 9 rings (SSSR count). The number of aliphatic carboxylic acids is 1. The van der Waals surface area contributed by atoms with E-state index < -0.39 is 235 Å². The Kier molecular flexibility index (Phi) is 36.5. The number of phenolic OH excluding ortho intramolecular Hbond substituents is 1. The molecule has 0 spiro atoms. The van der Waals surface area contributed by atoms with Crippen molar-refractivity contribution in [2.75, 3.05) is 65.4 Å². The Bertz CT molecular complexity index is 5010. The van der Waals surface area contributed by atoms with E-state index in [0.29, 0.717) is 64.2 Å². The Morgan fingerprint density at radius 2 is 1.10 bits per heavy atom. The molecule has 0 bridgehead atoms. The SMILES string of the molecule is CCCC[C@H]1C(=O)N(C)[C@@H](CCCC)C(=O)N[C@@H](C)C(=O)N[C@H](C(=O)NCC(N)=O)CSCC(=O)N[C@@H](Cc2ccc(O)cc2)C(=O)N(C)[C@@H](C)C(=O)N[C@H](CC(=O)O)C(=O)N2CCC[C@H]2C(=O)N[C@@H](Cc2cnc[nH]2)C(=O)N[C@@H](CCN)C(=O)N2C[C@H](O)C[C@H]2C(=O)N[C@@H](Cc2c[nH]c3ccccc23)C(=O)N[C@@H](CO)C(=O)N[C@@H](Cc2c[nH]c3ccccc23)C(=O)N1C. The number of H-pyrrole nitrogens is 3. The number of nitrogens with two attached hydrogens (primary N) is 2. The van der Waals surface area contributed by atoms with Gasteiger partial charge in [0.05, 0.1) is 37.8 Å². The summed E-state index contributed by atoms with van der Waals surface area (Å²) in [5.41, 5.74) is 14.4. The van der Waals surface area contributed by atoms with Crippen LogP contribution in [0.1, 0.15) is 121 Å². The number of fused-ring (bicyclic) bond motifs is 4. The highest BCUT2D eigenvalue weighted by molar-refractivity contribution is 8.00. The summed E-state index contributed by atoms with van der Waals surface area (Å²) >= 11 is 0.769. The van der Waals surface area contributed by atoms with Gasteiger partial charge in [-0.05, 0) is 93.5 Å². The second kappa shape index (κ2) is 47.1. The quantitative estimate of drug-likeness (QED) is 0.0317. The van der Waals surface area contributed by atoms with E-state index >= 15 is 28.8 Å². The minimum absolute atomic E-state index is 0.0121. The fourth-order valence-corrected chi connectivity index (χ4v) is 16.7. The third kappa shape index (κ3) is 26.8. The first-order chi connectivity index (χ1) is 61.5. The van der Waals surface area contributed by atoms with Gasteiger partial charge in [0, 0.05) is 118 Å². The van der Waals surface area contributed by atoms with E-state index in [1.807, 2.05) is 13.8 Å². The maximum Gasteiger partial charge on any atom is 0.305 e. The molecule has 42 nitrogen and oxygen atoms in total. The summed E-state index contributed by atoms with van der Waals surface area (Å²) in [4.78, 5) is 265. The van der Waals surface area contributed by atoms with Crippen molar-refractivity contribution in [2.24, 2.45) is 11.5 Å². The van der Waals surface area contributed by atoms with E-state index in [1.165, 1.54) is 71.8 Å². The Balaban J connectivity index is 1.07. The van der Waals surface area contributed by atoms with Crippen molar-refractivity contribution in [2.45, 2.75) is 215 Å². The number of para-hydroxylation sites is 2. The molecule has 0 unspecified atom stereocenters. The molecule has 3 aliphatic heterocycles.